The summed E-state index contributed by atoms with van der Waals surface area (Å²) in [6, 6.07) is 0. The highest BCUT2D eigenvalue weighted by atomic mass is 79.9. The van der Waals surface area contributed by atoms with Crippen LogP contribution in [0, 0.1) is 0 Å². The Labute approximate surface area is 101 Å². The van der Waals surface area contributed by atoms with E-state index in [4.69, 9.17) is 9.47 Å². The van der Waals surface area contributed by atoms with Crippen molar-refractivity contribution < 1.29 is 14.6 Å². The lowest BCUT2D eigenvalue weighted by Crippen LogP contribution is -2.24. The van der Waals surface area contributed by atoms with Gasteiger partial charge in [0.1, 0.15) is 0 Å². The molecule has 1 N–H and O–H groups in total. The molecule has 0 amide bonds. The topological polar surface area (TPSA) is 38.7 Å². The van der Waals surface area contributed by atoms with E-state index in [1.807, 2.05) is 13.8 Å². The first kappa shape index (κ1) is 15.1. The summed E-state index contributed by atoms with van der Waals surface area (Å²) in [6.07, 6.45) is 0.867. The van der Waals surface area contributed by atoms with Crippen LogP contribution in [-0.2, 0) is 9.47 Å². The second kappa shape index (κ2) is 8.28. The van der Waals surface area contributed by atoms with Crippen molar-refractivity contribution in [2.45, 2.75) is 45.2 Å². The number of halogens is 1. The second-order valence-electron chi connectivity index (χ2n) is 3.66. The maximum atomic E-state index is 9.56. The Morgan fingerprint density at radius 2 is 2.07 bits per heavy atom. The minimum Gasteiger partial charge on any atom is -0.389 e. The second-order valence-corrected chi connectivity index (χ2v) is 4.30. The number of methoxy groups -OCH3 is 1. The molecule has 0 spiro atoms. The van der Waals surface area contributed by atoms with Crippen LogP contribution in [0.25, 0.3) is 0 Å². The van der Waals surface area contributed by atoms with Crippen molar-refractivity contribution in [1.82, 2.24) is 0 Å². The monoisotopic (exact) mass is 280 g/mol. The van der Waals surface area contributed by atoms with Crippen LogP contribution in [0.5, 0.6) is 0 Å². The molecule has 0 saturated heterocycles. The van der Waals surface area contributed by atoms with Crippen LogP contribution in [-0.4, -0.2) is 36.0 Å². The van der Waals surface area contributed by atoms with E-state index in [2.05, 4.69) is 22.5 Å². The number of aliphatic hydroxyl groups excluding tert-OH is 1. The van der Waals surface area contributed by atoms with Gasteiger partial charge in [-0.1, -0.05) is 28.1 Å². The number of hydrogen-bond donors (Lipinski definition) is 1. The van der Waals surface area contributed by atoms with Gasteiger partial charge in [0.25, 0.3) is 0 Å². The highest BCUT2D eigenvalue weighted by Gasteiger charge is 2.14. The lowest BCUT2D eigenvalue weighted by Gasteiger charge is -2.21. The minimum absolute atomic E-state index is 0.0638. The number of aliphatic hydroxyl groups is 1. The molecular formula is C11H21BrO3. The van der Waals surface area contributed by atoms with Gasteiger partial charge in [-0.05, 0) is 26.7 Å². The Hall–Kier alpha value is 0.100. The van der Waals surface area contributed by atoms with Gasteiger partial charge in [-0.2, -0.15) is 0 Å². The predicted molar refractivity (Wildman–Crippen MR) is 65.2 cm³/mol. The average Bonchev–Trinajstić information content (AvgIpc) is 2.22. The maximum absolute atomic E-state index is 9.56. The molecule has 0 bridgehead atoms. The molecule has 90 valence electrons. The Bertz CT molecular complexity index is 185. The zero-order valence-corrected chi connectivity index (χ0v) is 11.3. The number of ether oxygens (including phenoxy) is 2. The van der Waals surface area contributed by atoms with Gasteiger partial charge in [-0.15, -0.1) is 0 Å². The molecule has 3 unspecified atom stereocenters. The first-order chi connectivity index (χ1) is 7.01. The van der Waals surface area contributed by atoms with Crippen molar-refractivity contribution in [3.8, 4) is 0 Å². The third-order valence-electron chi connectivity index (χ3n) is 2.22. The lowest BCUT2D eigenvalue weighted by atomic mass is 10.1. The zero-order chi connectivity index (χ0) is 11.8. The van der Waals surface area contributed by atoms with E-state index in [0.717, 1.165) is 17.3 Å². The number of alkyl halides is 1. The third-order valence-corrected chi connectivity index (χ3v) is 2.94. The molecule has 3 atom stereocenters. The van der Waals surface area contributed by atoms with Crippen molar-refractivity contribution in [2.24, 2.45) is 0 Å². The summed E-state index contributed by atoms with van der Waals surface area (Å²) in [5, 5.41) is 10.3. The quantitative estimate of drug-likeness (QED) is 0.422. The van der Waals surface area contributed by atoms with Gasteiger partial charge in [-0.3, -0.25) is 0 Å². The van der Waals surface area contributed by atoms with Crippen LogP contribution in [0.2, 0.25) is 0 Å². The lowest BCUT2D eigenvalue weighted by molar-refractivity contribution is -0.140. The van der Waals surface area contributed by atoms with Gasteiger partial charge < -0.3 is 14.6 Å². The van der Waals surface area contributed by atoms with Crippen LogP contribution in [0.4, 0.5) is 0 Å². The summed E-state index contributed by atoms with van der Waals surface area (Å²) < 4.78 is 10.6. The van der Waals surface area contributed by atoms with Crippen molar-refractivity contribution in [3.05, 3.63) is 12.2 Å². The Kier molecular flexibility index (Phi) is 8.33. The standard InChI is InChI=1S/C11H21BrO3/c1-8(2)11(13)6-5-10(7-12)15-9(3)14-4/h9-11,13H,1,5-7H2,2-4H3. The fourth-order valence-electron chi connectivity index (χ4n) is 1.10. The predicted octanol–water partition coefficient (Wildman–Crippen LogP) is 2.48. The summed E-state index contributed by atoms with van der Waals surface area (Å²) in [6.45, 7) is 7.39. The molecule has 4 heteroatoms. The Morgan fingerprint density at radius 3 is 2.47 bits per heavy atom. The summed E-state index contributed by atoms with van der Waals surface area (Å²) in [5.41, 5.74) is 0.795. The fourth-order valence-corrected chi connectivity index (χ4v) is 1.57. The van der Waals surface area contributed by atoms with E-state index >= 15 is 0 Å². The van der Waals surface area contributed by atoms with Crippen molar-refractivity contribution in [1.29, 1.82) is 0 Å². The highest BCUT2D eigenvalue weighted by molar-refractivity contribution is 9.09. The summed E-state index contributed by atoms with van der Waals surface area (Å²) in [5.74, 6) is 0. The third kappa shape index (κ3) is 7.06. The van der Waals surface area contributed by atoms with Crippen molar-refractivity contribution in [3.63, 3.8) is 0 Å². The molecule has 0 aliphatic carbocycles. The van der Waals surface area contributed by atoms with E-state index < -0.39 is 6.10 Å². The molecule has 3 nitrogen and oxygen atoms in total. The van der Waals surface area contributed by atoms with Gasteiger partial charge in [0, 0.05) is 12.4 Å². The van der Waals surface area contributed by atoms with Crippen molar-refractivity contribution in [2.75, 3.05) is 12.4 Å². The molecule has 0 aromatic heterocycles. The molecule has 0 heterocycles. The molecular weight excluding hydrogens is 260 g/mol. The van der Waals surface area contributed by atoms with Gasteiger partial charge in [0.05, 0.1) is 12.2 Å². The van der Waals surface area contributed by atoms with Crippen LogP contribution < -0.4 is 0 Å². The van der Waals surface area contributed by atoms with Crippen LogP contribution >= 0.6 is 15.9 Å². The summed E-state index contributed by atoms with van der Waals surface area (Å²) in [7, 11) is 1.61. The Balaban J connectivity index is 3.84. The van der Waals surface area contributed by atoms with Crippen LogP contribution in [0.3, 0.4) is 0 Å². The molecule has 0 aromatic rings. The molecule has 0 rings (SSSR count). The van der Waals surface area contributed by atoms with Crippen LogP contribution in [0.1, 0.15) is 26.7 Å². The van der Waals surface area contributed by atoms with Crippen LogP contribution in [0.15, 0.2) is 12.2 Å². The number of hydrogen-bond acceptors (Lipinski definition) is 3. The van der Waals surface area contributed by atoms with E-state index in [-0.39, 0.29) is 12.4 Å². The SMILES string of the molecule is C=C(C)C(O)CCC(CBr)OC(C)OC. The largest absolute Gasteiger partial charge is 0.389 e. The summed E-state index contributed by atoms with van der Waals surface area (Å²) in [4.78, 5) is 0. The molecule has 0 fully saturated rings. The molecule has 0 aromatic carbocycles. The highest BCUT2D eigenvalue weighted by Crippen LogP contribution is 2.13. The zero-order valence-electron chi connectivity index (χ0n) is 9.70. The fraction of sp³-hybridized carbons (Fsp3) is 0.818. The molecule has 0 aliphatic heterocycles. The Morgan fingerprint density at radius 1 is 1.47 bits per heavy atom. The molecule has 0 saturated carbocycles. The first-order valence-electron chi connectivity index (χ1n) is 5.09. The van der Waals surface area contributed by atoms with E-state index in [1.165, 1.54) is 0 Å². The van der Waals surface area contributed by atoms with Gasteiger partial charge in [-0.25, -0.2) is 0 Å². The van der Waals surface area contributed by atoms with E-state index in [1.54, 1.807) is 7.11 Å². The van der Waals surface area contributed by atoms with Crippen molar-refractivity contribution >= 4 is 15.9 Å². The van der Waals surface area contributed by atoms with Gasteiger partial charge >= 0.3 is 0 Å². The van der Waals surface area contributed by atoms with Gasteiger partial charge in [0.15, 0.2) is 6.29 Å². The number of rotatable bonds is 8. The van der Waals surface area contributed by atoms with Gasteiger partial charge in [0.2, 0.25) is 0 Å². The summed E-state index contributed by atoms with van der Waals surface area (Å²) >= 11 is 3.38. The average molecular weight is 281 g/mol. The first-order valence-corrected chi connectivity index (χ1v) is 6.21. The molecule has 0 aliphatic rings. The van der Waals surface area contributed by atoms with E-state index in [9.17, 15) is 5.11 Å². The normalized spacial score (nSPS) is 17.1. The smallest absolute Gasteiger partial charge is 0.154 e. The minimum atomic E-state index is -0.437. The molecule has 15 heavy (non-hydrogen) atoms. The maximum Gasteiger partial charge on any atom is 0.154 e. The molecule has 0 radical (unpaired) electrons. The van der Waals surface area contributed by atoms with E-state index in [0.29, 0.717) is 6.42 Å².